The number of hydrogen-bond donors (Lipinski definition) is 0. The fourth-order valence-corrected chi connectivity index (χ4v) is 4.92. The molecule has 0 N–H and O–H groups in total. The minimum atomic E-state index is -0.994. The fraction of sp³-hybridized carbons (Fsp3) is 0.231. The van der Waals surface area contributed by atoms with E-state index in [4.69, 9.17) is 25.9 Å². The van der Waals surface area contributed by atoms with E-state index in [9.17, 15) is 9.59 Å². The number of imide groups is 1. The van der Waals surface area contributed by atoms with Gasteiger partial charge in [-0.1, -0.05) is 48.0 Å². The lowest BCUT2D eigenvalue weighted by molar-refractivity contribution is -0.126. The molecule has 3 unspecified atom stereocenters. The third-order valence-electron chi connectivity index (χ3n) is 6.36. The fourth-order valence-electron chi connectivity index (χ4n) is 4.75. The second kappa shape index (κ2) is 8.66. The smallest absolute Gasteiger partial charge is 0.266 e. The molecule has 2 aliphatic rings. The van der Waals surface area contributed by atoms with Crippen LogP contribution in [-0.4, -0.2) is 32.1 Å². The van der Waals surface area contributed by atoms with Crippen molar-refractivity contribution in [1.29, 1.82) is 0 Å². The third-order valence-corrected chi connectivity index (χ3v) is 6.77. The van der Waals surface area contributed by atoms with E-state index in [2.05, 4.69) is 0 Å². The van der Waals surface area contributed by atoms with E-state index in [1.807, 2.05) is 42.5 Å². The van der Waals surface area contributed by atoms with Gasteiger partial charge in [0.1, 0.15) is 12.0 Å². The monoisotopic (exact) mass is 478 g/mol. The van der Waals surface area contributed by atoms with E-state index in [0.717, 1.165) is 5.69 Å². The number of benzene rings is 3. The van der Waals surface area contributed by atoms with Crippen LogP contribution in [-0.2, 0) is 14.4 Å². The zero-order valence-electron chi connectivity index (χ0n) is 18.9. The molecule has 5 rings (SSSR count). The Bertz CT molecular complexity index is 1270. The number of ether oxygens (including phenoxy) is 2. The molecular formula is C26H23ClN2O5. The van der Waals surface area contributed by atoms with Crippen molar-refractivity contribution in [3.63, 3.8) is 0 Å². The number of rotatable bonds is 5. The summed E-state index contributed by atoms with van der Waals surface area (Å²) in [5, 5.41) is 2.11. The summed E-state index contributed by atoms with van der Waals surface area (Å²) in [6.07, 6.45) is -0.994. The van der Waals surface area contributed by atoms with Gasteiger partial charge in [-0.3, -0.25) is 14.4 Å². The van der Waals surface area contributed by atoms with Gasteiger partial charge in [0.15, 0.2) is 17.6 Å². The standard InChI is InChI=1S/C26H23ClN2O5/c1-15-18(27)12-8-13-19(15)28-25(30)21-22(17-11-7-14-20(32-2)23(17)33-3)29(34-24(21)26(28)31)16-9-5-4-6-10-16/h4-14,21-22,24H,1-3H3. The lowest BCUT2D eigenvalue weighted by Gasteiger charge is -2.30. The Morgan fingerprint density at radius 1 is 0.882 bits per heavy atom. The number of halogens is 1. The van der Waals surface area contributed by atoms with Gasteiger partial charge in [-0.15, -0.1) is 0 Å². The molecule has 2 amide bonds. The Labute approximate surface area is 202 Å². The van der Waals surface area contributed by atoms with Gasteiger partial charge in [0.25, 0.3) is 5.91 Å². The number of anilines is 2. The highest BCUT2D eigenvalue weighted by molar-refractivity contribution is 6.32. The van der Waals surface area contributed by atoms with E-state index in [1.54, 1.807) is 50.5 Å². The van der Waals surface area contributed by atoms with Crippen molar-refractivity contribution in [3.8, 4) is 11.5 Å². The first-order valence-electron chi connectivity index (χ1n) is 10.8. The molecule has 0 spiro atoms. The first-order valence-corrected chi connectivity index (χ1v) is 11.2. The minimum Gasteiger partial charge on any atom is -0.493 e. The Morgan fingerprint density at radius 3 is 2.32 bits per heavy atom. The Morgan fingerprint density at radius 2 is 1.62 bits per heavy atom. The van der Waals surface area contributed by atoms with Gasteiger partial charge >= 0.3 is 0 Å². The Kier molecular flexibility index (Phi) is 5.67. The third kappa shape index (κ3) is 3.31. The molecular weight excluding hydrogens is 456 g/mol. The number of nitrogens with zero attached hydrogens (tertiary/aromatic N) is 2. The number of fused-ring (bicyclic) bond motifs is 1. The van der Waals surface area contributed by atoms with Crippen LogP contribution in [0.3, 0.4) is 0 Å². The van der Waals surface area contributed by atoms with Crippen molar-refractivity contribution in [3.05, 3.63) is 82.9 Å². The number of carbonyl (C=O) groups is 2. The summed E-state index contributed by atoms with van der Waals surface area (Å²) in [4.78, 5) is 34.8. The molecule has 3 aromatic carbocycles. The van der Waals surface area contributed by atoms with Crippen molar-refractivity contribution in [2.75, 3.05) is 24.2 Å². The highest BCUT2D eigenvalue weighted by atomic mass is 35.5. The van der Waals surface area contributed by atoms with Crippen LogP contribution in [0.4, 0.5) is 11.4 Å². The summed E-state index contributed by atoms with van der Waals surface area (Å²) in [5.41, 5.74) is 2.52. The van der Waals surface area contributed by atoms with Gasteiger partial charge in [-0.05, 0) is 42.8 Å². The first kappa shape index (κ1) is 22.3. The van der Waals surface area contributed by atoms with E-state index < -0.39 is 24.0 Å². The van der Waals surface area contributed by atoms with E-state index in [-0.39, 0.29) is 5.91 Å². The molecule has 0 aromatic heterocycles. The largest absolute Gasteiger partial charge is 0.493 e. The summed E-state index contributed by atoms with van der Waals surface area (Å²) in [7, 11) is 3.10. The van der Waals surface area contributed by atoms with Crippen LogP contribution >= 0.6 is 11.6 Å². The highest BCUT2D eigenvalue weighted by Crippen LogP contribution is 2.51. The molecule has 7 nitrogen and oxygen atoms in total. The summed E-state index contributed by atoms with van der Waals surface area (Å²) < 4.78 is 11.2. The molecule has 0 radical (unpaired) electrons. The molecule has 2 heterocycles. The van der Waals surface area contributed by atoms with Crippen molar-refractivity contribution in [2.45, 2.75) is 19.1 Å². The van der Waals surface area contributed by atoms with Crippen LogP contribution in [0.1, 0.15) is 17.2 Å². The van der Waals surface area contributed by atoms with E-state index >= 15 is 0 Å². The molecule has 174 valence electrons. The van der Waals surface area contributed by atoms with Gasteiger partial charge in [0.2, 0.25) is 5.91 Å². The average Bonchev–Trinajstić information content (AvgIpc) is 3.37. The molecule has 2 fully saturated rings. The lowest BCUT2D eigenvalue weighted by atomic mass is 9.89. The van der Waals surface area contributed by atoms with Crippen LogP contribution in [0, 0.1) is 12.8 Å². The minimum absolute atomic E-state index is 0.353. The van der Waals surface area contributed by atoms with Crippen molar-refractivity contribution >= 4 is 34.8 Å². The molecule has 0 saturated carbocycles. The van der Waals surface area contributed by atoms with Crippen LogP contribution in [0.2, 0.25) is 5.02 Å². The Balaban J connectivity index is 1.66. The number of hydroxylamine groups is 1. The number of carbonyl (C=O) groups excluding carboxylic acids is 2. The van der Waals surface area contributed by atoms with E-state index in [0.29, 0.717) is 33.3 Å². The molecule has 2 aliphatic heterocycles. The zero-order chi connectivity index (χ0) is 24.0. The number of hydrogen-bond acceptors (Lipinski definition) is 6. The summed E-state index contributed by atoms with van der Waals surface area (Å²) in [6.45, 7) is 1.78. The average molecular weight is 479 g/mol. The Hall–Kier alpha value is -3.55. The predicted octanol–water partition coefficient (Wildman–Crippen LogP) is 4.72. The van der Waals surface area contributed by atoms with Crippen molar-refractivity contribution in [1.82, 2.24) is 0 Å². The SMILES string of the molecule is COc1cccc(C2C3C(=O)N(c4cccc(Cl)c4C)C(=O)C3ON2c2ccccc2)c1OC. The predicted molar refractivity (Wildman–Crippen MR) is 128 cm³/mol. The van der Waals surface area contributed by atoms with Crippen LogP contribution in [0.15, 0.2) is 66.7 Å². The second-order valence-corrected chi connectivity index (χ2v) is 8.54. The summed E-state index contributed by atoms with van der Waals surface area (Å²) >= 11 is 6.29. The van der Waals surface area contributed by atoms with Gasteiger partial charge < -0.3 is 9.47 Å². The lowest BCUT2D eigenvalue weighted by Crippen LogP contribution is -2.37. The van der Waals surface area contributed by atoms with Crippen LogP contribution in [0.5, 0.6) is 11.5 Å². The maximum Gasteiger partial charge on any atom is 0.266 e. The molecule has 8 heteroatoms. The van der Waals surface area contributed by atoms with Gasteiger partial charge in [0.05, 0.1) is 25.6 Å². The quantitative estimate of drug-likeness (QED) is 0.494. The molecule has 2 saturated heterocycles. The zero-order valence-corrected chi connectivity index (χ0v) is 19.7. The molecule has 3 aromatic rings. The maximum absolute atomic E-state index is 13.9. The molecule has 0 bridgehead atoms. The number of para-hydroxylation sites is 2. The van der Waals surface area contributed by atoms with Gasteiger partial charge in [-0.2, -0.15) is 0 Å². The second-order valence-electron chi connectivity index (χ2n) is 8.14. The summed E-state index contributed by atoms with van der Waals surface area (Å²) in [6, 6.07) is 19.4. The first-order chi connectivity index (χ1) is 16.5. The van der Waals surface area contributed by atoms with Crippen molar-refractivity contribution < 1.29 is 23.9 Å². The maximum atomic E-state index is 13.9. The highest BCUT2D eigenvalue weighted by Gasteiger charge is 2.61. The molecule has 0 aliphatic carbocycles. The van der Waals surface area contributed by atoms with Crippen LogP contribution in [0.25, 0.3) is 0 Å². The number of methoxy groups -OCH3 is 2. The van der Waals surface area contributed by atoms with E-state index in [1.165, 1.54) is 4.90 Å². The summed E-state index contributed by atoms with van der Waals surface area (Å²) in [5.74, 6) is -0.569. The molecule has 34 heavy (non-hydrogen) atoms. The topological polar surface area (TPSA) is 68.3 Å². The van der Waals surface area contributed by atoms with Gasteiger partial charge in [0, 0.05) is 10.6 Å². The molecule has 3 atom stereocenters. The normalized spacial score (nSPS) is 21.7. The van der Waals surface area contributed by atoms with Crippen molar-refractivity contribution in [2.24, 2.45) is 5.92 Å². The van der Waals surface area contributed by atoms with Gasteiger partial charge in [-0.25, -0.2) is 9.96 Å². The number of amides is 2. The van der Waals surface area contributed by atoms with Crippen LogP contribution < -0.4 is 19.4 Å².